The monoisotopic (exact) mass is 505 g/mol. The molecule has 4 heterocycles. The minimum absolute atomic E-state index is 0.139. The molecule has 3 aromatic heterocycles. The fraction of sp³-hybridized carbons (Fsp3) is 0.385. The average Bonchev–Trinajstić information content (AvgIpc) is 3.26. The molecular weight excluding hydrogens is 474 g/mol. The number of aromatic nitrogens is 5. The van der Waals surface area contributed by atoms with E-state index in [1.807, 2.05) is 25.5 Å². The van der Waals surface area contributed by atoms with E-state index in [0.717, 1.165) is 28.6 Å². The summed E-state index contributed by atoms with van der Waals surface area (Å²) < 4.78 is 25.3. The van der Waals surface area contributed by atoms with Crippen molar-refractivity contribution in [2.24, 2.45) is 13.0 Å². The van der Waals surface area contributed by atoms with Gasteiger partial charge in [-0.25, -0.2) is 23.4 Å². The summed E-state index contributed by atoms with van der Waals surface area (Å²) in [7, 11) is -1.14. The second-order valence-electron chi connectivity index (χ2n) is 9.98. The van der Waals surface area contributed by atoms with Crippen molar-refractivity contribution in [2.75, 3.05) is 28.8 Å². The number of rotatable bonds is 7. The van der Waals surface area contributed by atoms with Crippen molar-refractivity contribution >= 4 is 37.9 Å². The molecule has 0 radical (unpaired) electrons. The second kappa shape index (κ2) is 9.16. The van der Waals surface area contributed by atoms with Crippen molar-refractivity contribution in [1.29, 1.82) is 0 Å². The molecular formula is C26H31N7O2S. The molecule has 0 bridgehead atoms. The van der Waals surface area contributed by atoms with Crippen LogP contribution in [0.4, 0.5) is 17.3 Å². The summed E-state index contributed by atoms with van der Waals surface area (Å²) >= 11 is 0. The van der Waals surface area contributed by atoms with Gasteiger partial charge in [-0.05, 0) is 42.0 Å². The number of hydrogen-bond donors (Lipinski definition) is 1. The van der Waals surface area contributed by atoms with Gasteiger partial charge in [0.25, 0.3) is 0 Å². The topological polar surface area (TPSA) is 106 Å². The summed E-state index contributed by atoms with van der Waals surface area (Å²) in [5.41, 5.74) is 3.17. The number of pyridine rings is 1. The van der Waals surface area contributed by atoms with Crippen LogP contribution in [0.15, 0.2) is 49.1 Å². The Morgan fingerprint density at radius 3 is 2.58 bits per heavy atom. The van der Waals surface area contributed by atoms with Gasteiger partial charge in [0.2, 0.25) is 0 Å². The quantitative estimate of drug-likeness (QED) is 0.399. The van der Waals surface area contributed by atoms with E-state index in [0.29, 0.717) is 23.4 Å². The van der Waals surface area contributed by atoms with Crippen LogP contribution in [0.5, 0.6) is 0 Å². The van der Waals surface area contributed by atoms with Crippen LogP contribution in [0.1, 0.15) is 32.3 Å². The molecule has 188 valence electrons. The summed E-state index contributed by atoms with van der Waals surface area (Å²) in [6, 6.07) is 8.35. The minimum atomic E-state index is -3.00. The van der Waals surface area contributed by atoms with Crippen molar-refractivity contribution in [3.8, 4) is 11.4 Å². The van der Waals surface area contributed by atoms with Gasteiger partial charge in [-0.15, -0.1) is 0 Å². The van der Waals surface area contributed by atoms with Crippen LogP contribution in [0.3, 0.4) is 0 Å². The van der Waals surface area contributed by atoms with Crippen LogP contribution in [-0.4, -0.2) is 57.7 Å². The molecule has 1 fully saturated rings. The molecule has 2 atom stereocenters. The molecule has 1 N–H and O–H groups in total. The molecule has 0 unspecified atom stereocenters. The number of anilines is 3. The van der Waals surface area contributed by atoms with E-state index in [1.54, 1.807) is 17.1 Å². The molecule has 1 saturated heterocycles. The summed E-state index contributed by atoms with van der Waals surface area (Å²) in [5.74, 6) is 2.63. The molecule has 0 aliphatic carbocycles. The average molecular weight is 506 g/mol. The SMILES string of the molecule is CC(C)c1ccc(N2C[C@H](CS(C)(=O)=O)[C@H]2C)c2cnc(Nc3ccnc(-c4cnn(C)c4)n3)cc12. The number of nitrogens with zero attached hydrogens (tertiary/aromatic N) is 6. The molecule has 1 aromatic carbocycles. The van der Waals surface area contributed by atoms with Crippen LogP contribution in [0.2, 0.25) is 0 Å². The highest BCUT2D eigenvalue weighted by Crippen LogP contribution is 2.39. The maximum atomic E-state index is 11.8. The van der Waals surface area contributed by atoms with Gasteiger partial charge in [-0.2, -0.15) is 5.10 Å². The maximum absolute atomic E-state index is 11.8. The summed E-state index contributed by atoms with van der Waals surface area (Å²) in [4.78, 5) is 16.0. The largest absolute Gasteiger partial charge is 0.368 e. The van der Waals surface area contributed by atoms with Crippen LogP contribution < -0.4 is 10.2 Å². The molecule has 1 aliphatic rings. The Labute approximate surface area is 211 Å². The number of aryl methyl sites for hydroxylation is 1. The fourth-order valence-electron chi connectivity index (χ4n) is 4.89. The predicted molar refractivity (Wildman–Crippen MR) is 143 cm³/mol. The highest BCUT2D eigenvalue weighted by molar-refractivity contribution is 7.90. The lowest BCUT2D eigenvalue weighted by molar-refractivity contribution is 0.342. The maximum Gasteiger partial charge on any atom is 0.164 e. The zero-order valence-electron chi connectivity index (χ0n) is 21.2. The van der Waals surface area contributed by atoms with E-state index in [-0.39, 0.29) is 17.7 Å². The van der Waals surface area contributed by atoms with Crippen LogP contribution in [-0.2, 0) is 16.9 Å². The molecule has 1 aliphatic heterocycles. The highest BCUT2D eigenvalue weighted by Gasteiger charge is 2.38. The number of benzene rings is 1. The second-order valence-corrected chi connectivity index (χ2v) is 12.2. The lowest BCUT2D eigenvalue weighted by Crippen LogP contribution is -2.57. The van der Waals surface area contributed by atoms with Crippen molar-refractivity contribution in [3.63, 3.8) is 0 Å². The summed E-state index contributed by atoms with van der Waals surface area (Å²) in [6.45, 7) is 7.18. The van der Waals surface area contributed by atoms with E-state index in [2.05, 4.69) is 64.3 Å². The Kier molecular flexibility index (Phi) is 6.15. The van der Waals surface area contributed by atoms with E-state index < -0.39 is 9.84 Å². The zero-order chi connectivity index (χ0) is 25.6. The molecule has 36 heavy (non-hydrogen) atoms. The summed E-state index contributed by atoms with van der Waals surface area (Å²) in [6.07, 6.45) is 8.54. The van der Waals surface area contributed by atoms with E-state index in [1.165, 1.54) is 11.8 Å². The first-order valence-electron chi connectivity index (χ1n) is 12.0. The fourth-order valence-corrected chi connectivity index (χ4v) is 6.05. The van der Waals surface area contributed by atoms with E-state index in [9.17, 15) is 8.42 Å². The smallest absolute Gasteiger partial charge is 0.164 e. The van der Waals surface area contributed by atoms with Gasteiger partial charge in [0, 0.05) is 61.5 Å². The van der Waals surface area contributed by atoms with Crippen LogP contribution >= 0.6 is 0 Å². The van der Waals surface area contributed by atoms with Crippen LogP contribution in [0, 0.1) is 5.92 Å². The number of nitrogens with one attached hydrogen (secondary N) is 1. The Hall–Kier alpha value is -3.53. The third-order valence-electron chi connectivity index (χ3n) is 6.84. The minimum Gasteiger partial charge on any atom is -0.368 e. The van der Waals surface area contributed by atoms with Gasteiger partial charge in [-0.1, -0.05) is 19.9 Å². The molecule has 4 aromatic rings. The van der Waals surface area contributed by atoms with Gasteiger partial charge in [-0.3, -0.25) is 4.68 Å². The molecule has 0 spiro atoms. The number of sulfone groups is 1. The molecule has 0 amide bonds. The lowest BCUT2D eigenvalue weighted by atomic mass is 9.88. The third-order valence-corrected chi connectivity index (χ3v) is 7.87. The molecule has 0 saturated carbocycles. The van der Waals surface area contributed by atoms with Crippen molar-refractivity contribution in [1.82, 2.24) is 24.7 Å². The first kappa shape index (κ1) is 24.2. The highest BCUT2D eigenvalue weighted by atomic mass is 32.2. The molecule has 9 nitrogen and oxygen atoms in total. The predicted octanol–water partition coefficient (Wildman–Crippen LogP) is 4.16. The number of hydrogen-bond acceptors (Lipinski definition) is 8. The van der Waals surface area contributed by atoms with E-state index in [4.69, 9.17) is 4.98 Å². The Morgan fingerprint density at radius 1 is 1.11 bits per heavy atom. The Bertz CT molecular complexity index is 1530. The molecule has 10 heteroatoms. The van der Waals surface area contributed by atoms with Crippen molar-refractivity contribution in [3.05, 3.63) is 54.6 Å². The first-order valence-corrected chi connectivity index (χ1v) is 14.1. The van der Waals surface area contributed by atoms with Gasteiger partial charge in [0.1, 0.15) is 21.5 Å². The Morgan fingerprint density at radius 2 is 1.92 bits per heavy atom. The lowest BCUT2D eigenvalue weighted by Gasteiger charge is -2.48. The van der Waals surface area contributed by atoms with Crippen molar-refractivity contribution < 1.29 is 8.42 Å². The number of fused-ring (bicyclic) bond motifs is 1. The zero-order valence-corrected chi connectivity index (χ0v) is 22.0. The summed E-state index contributed by atoms with van der Waals surface area (Å²) in [5, 5.41) is 9.72. The Balaban J connectivity index is 1.46. The van der Waals surface area contributed by atoms with Gasteiger partial charge < -0.3 is 10.2 Å². The standard InChI is InChI=1S/C26H31N7O2S/c1-16(2)20-6-7-23(33-14-19(17(33)3)15-36(5,34)35)22-12-28-25(10-21(20)22)30-24-8-9-27-26(31-24)18-11-29-32(4)13-18/h6-13,16-17,19H,14-15H2,1-5H3,(H,27,28,30,31)/t17-,19-/m1/s1. The third kappa shape index (κ3) is 4.77. The van der Waals surface area contributed by atoms with E-state index >= 15 is 0 Å². The van der Waals surface area contributed by atoms with Crippen molar-refractivity contribution in [2.45, 2.75) is 32.7 Å². The van der Waals surface area contributed by atoms with Crippen LogP contribution in [0.25, 0.3) is 22.2 Å². The van der Waals surface area contributed by atoms with Gasteiger partial charge in [0.15, 0.2) is 5.82 Å². The molecule has 5 rings (SSSR count). The van der Waals surface area contributed by atoms with Gasteiger partial charge in [0.05, 0.1) is 17.5 Å². The van der Waals surface area contributed by atoms with Gasteiger partial charge >= 0.3 is 0 Å². The first-order chi connectivity index (χ1) is 17.1. The normalized spacial score (nSPS) is 18.0.